The molecule has 0 amide bonds. The number of benzene rings is 2. The van der Waals surface area contributed by atoms with Crippen LogP contribution in [0.1, 0.15) is 91.2 Å². The normalized spacial score (nSPS) is 12.2. The van der Waals surface area contributed by atoms with E-state index in [0.29, 0.717) is 10.8 Å². The second-order valence-corrected chi connectivity index (χ2v) is 10.9. The van der Waals surface area contributed by atoms with Gasteiger partial charge in [-0.25, -0.2) is 0 Å². The first-order chi connectivity index (χ1) is 13.6. The number of unbranched alkanes of at least 4 members (excludes halogenated alkanes) is 2. The van der Waals surface area contributed by atoms with Gasteiger partial charge >= 0.3 is 0 Å². The highest BCUT2D eigenvalue weighted by Crippen LogP contribution is 2.25. The summed E-state index contributed by atoms with van der Waals surface area (Å²) in [6, 6.07) is 17.2. The van der Waals surface area contributed by atoms with Crippen LogP contribution in [-0.2, 0) is 12.8 Å². The van der Waals surface area contributed by atoms with Gasteiger partial charge in [0, 0.05) is 0 Å². The summed E-state index contributed by atoms with van der Waals surface area (Å²) in [6.45, 7) is 13.9. The fourth-order valence-electron chi connectivity index (χ4n) is 3.55. The van der Waals surface area contributed by atoms with Gasteiger partial charge in [-0.3, -0.25) is 0 Å². The lowest BCUT2D eigenvalue weighted by atomic mass is 9.89. The lowest BCUT2D eigenvalue weighted by Gasteiger charge is -2.17. The van der Waals surface area contributed by atoms with Crippen LogP contribution >= 0.6 is 0 Å². The zero-order valence-electron chi connectivity index (χ0n) is 19.7. The molecule has 2 aromatic rings. The third kappa shape index (κ3) is 10.5. The highest BCUT2D eigenvalue weighted by molar-refractivity contribution is 5.34. The molecule has 29 heavy (non-hydrogen) atoms. The van der Waals surface area contributed by atoms with Gasteiger partial charge < -0.3 is 4.74 Å². The third-order valence-corrected chi connectivity index (χ3v) is 5.37. The van der Waals surface area contributed by atoms with Crippen LogP contribution in [0, 0.1) is 10.8 Å². The fraction of sp³-hybridized carbons (Fsp3) is 0.571. The Kier molecular flexibility index (Phi) is 8.80. The van der Waals surface area contributed by atoms with Crippen molar-refractivity contribution >= 4 is 0 Å². The van der Waals surface area contributed by atoms with Crippen molar-refractivity contribution in [3.05, 3.63) is 59.7 Å². The summed E-state index contributed by atoms with van der Waals surface area (Å²) in [5, 5.41) is 0. The predicted octanol–water partition coefficient (Wildman–Crippen LogP) is 9.00. The Balaban J connectivity index is 1.74. The van der Waals surface area contributed by atoms with Crippen LogP contribution in [0.15, 0.2) is 48.5 Å². The molecule has 2 aromatic carbocycles. The van der Waals surface area contributed by atoms with Gasteiger partial charge in [0.2, 0.25) is 0 Å². The average molecular weight is 395 g/mol. The van der Waals surface area contributed by atoms with Crippen LogP contribution in [-0.4, -0.2) is 0 Å². The number of ether oxygens (including phenoxy) is 1. The maximum atomic E-state index is 6.03. The van der Waals surface area contributed by atoms with Crippen LogP contribution < -0.4 is 4.74 Å². The van der Waals surface area contributed by atoms with E-state index in [9.17, 15) is 0 Å². The minimum Gasteiger partial charge on any atom is -0.457 e. The molecule has 0 aliphatic heterocycles. The molecule has 0 aliphatic rings. The van der Waals surface area contributed by atoms with E-state index in [1.54, 1.807) is 0 Å². The lowest BCUT2D eigenvalue weighted by Crippen LogP contribution is -2.04. The van der Waals surface area contributed by atoms with E-state index >= 15 is 0 Å². The maximum absolute atomic E-state index is 6.03. The molecule has 0 N–H and O–H groups in total. The monoisotopic (exact) mass is 394 g/mol. The van der Waals surface area contributed by atoms with Gasteiger partial charge in [0.25, 0.3) is 0 Å². The van der Waals surface area contributed by atoms with Crippen LogP contribution in [0.4, 0.5) is 0 Å². The molecular formula is C28H42O. The zero-order valence-corrected chi connectivity index (χ0v) is 19.7. The molecule has 0 heterocycles. The van der Waals surface area contributed by atoms with Crippen molar-refractivity contribution in [1.29, 1.82) is 0 Å². The smallest absolute Gasteiger partial charge is 0.127 e. The first kappa shape index (κ1) is 23.5. The Hall–Kier alpha value is -1.76. The van der Waals surface area contributed by atoms with Crippen LogP contribution in [0.2, 0.25) is 0 Å². The second-order valence-electron chi connectivity index (χ2n) is 10.9. The third-order valence-electron chi connectivity index (χ3n) is 5.37. The summed E-state index contributed by atoms with van der Waals surface area (Å²) in [4.78, 5) is 0. The molecule has 0 aromatic heterocycles. The molecule has 0 saturated carbocycles. The lowest BCUT2D eigenvalue weighted by molar-refractivity contribution is 0.360. The van der Waals surface area contributed by atoms with E-state index in [1.165, 1.54) is 49.7 Å². The Labute approximate surface area is 179 Å². The van der Waals surface area contributed by atoms with Crippen LogP contribution in [0.3, 0.4) is 0 Å². The van der Waals surface area contributed by atoms with E-state index < -0.39 is 0 Å². The summed E-state index contributed by atoms with van der Waals surface area (Å²) in [6.07, 6.45) is 10.0. The molecule has 0 aliphatic carbocycles. The Morgan fingerprint density at radius 1 is 0.517 bits per heavy atom. The van der Waals surface area contributed by atoms with Gasteiger partial charge in [-0.05, 0) is 84.7 Å². The minimum atomic E-state index is 0.444. The summed E-state index contributed by atoms with van der Waals surface area (Å²) >= 11 is 0. The first-order valence-electron chi connectivity index (χ1n) is 11.5. The summed E-state index contributed by atoms with van der Waals surface area (Å²) < 4.78 is 6.03. The predicted molar refractivity (Wildman–Crippen MR) is 127 cm³/mol. The molecule has 0 atom stereocenters. The van der Waals surface area contributed by atoms with Crippen molar-refractivity contribution < 1.29 is 4.74 Å². The van der Waals surface area contributed by atoms with Crippen molar-refractivity contribution in [2.45, 2.75) is 92.9 Å². The van der Waals surface area contributed by atoms with Gasteiger partial charge in [0.05, 0.1) is 0 Å². The van der Waals surface area contributed by atoms with Gasteiger partial charge in [-0.1, -0.05) is 78.6 Å². The molecule has 160 valence electrons. The Bertz CT molecular complexity index is 632. The van der Waals surface area contributed by atoms with E-state index in [4.69, 9.17) is 4.74 Å². The second kappa shape index (κ2) is 10.9. The maximum Gasteiger partial charge on any atom is 0.127 e. The number of rotatable bonds is 10. The topological polar surface area (TPSA) is 9.23 Å². The van der Waals surface area contributed by atoms with Crippen molar-refractivity contribution in [1.82, 2.24) is 0 Å². The van der Waals surface area contributed by atoms with E-state index in [1.807, 2.05) is 0 Å². The molecule has 1 heteroatoms. The first-order valence-corrected chi connectivity index (χ1v) is 11.5. The molecule has 0 saturated heterocycles. The molecule has 0 fully saturated rings. The summed E-state index contributed by atoms with van der Waals surface area (Å²) in [7, 11) is 0. The molecule has 0 bridgehead atoms. The standard InChI is InChI=1S/C28H42O/c1-27(2,3)21-9-7-11-23-13-17-25(18-14-23)29-26-19-15-24(16-20-26)12-8-10-22-28(4,5)6/h13-20H,7-12,21-22H2,1-6H3. The van der Waals surface area contributed by atoms with Gasteiger partial charge in [-0.15, -0.1) is 0 Å². The van der Waals surface area contributed by atoms with Gasteiger partial charge in [-0.2, -0.15) is 0 Å². The quantitative estimate of drug-likeness (QED) is 0.365. The fourth-order valence-corrected chi connectivity index (χ4v) is 3.55. The van der Waals surface area contributed by atoms with E-state index in [0.717, 1.165) is 24.3 Å². The van der Waals surface area contributed by atoms with Crippen molar-refractivity contribution in [3.63, 3.8) is 0 Å². The number of aryl methyl sites for hydroxylation is 2. The number of hydrogen-bond donors (Lipinski definition) is 0. The number of hydrogen-bond acceptors (Lipinski definition) is 1. The van der Waals surface area contributed by atoms with Crippen LogP contribution in [0.5, 0.6) is 11.5 Å². The molecule has 0 radical (unpaired) electrons. The van der Waals surface area contributed by atoms with Crippen LogP contribution in [0.25, 0.3) is 0 Å². The molecule has 1 nitrogen and oxygen atoms in total. The van der Waals surface area contributed by atoms with Crippen molar-refractivity contribution in [2.75, 3.05) is 0 Å². The van der Waals surface area contributed by atoms with Crippen molar-refractivity contribution in [3.8, 4) is 11.5 Å². The molecule has 0 spiro atoms. The van der Waals surface area contributed by atoms with E-state index in [-0.39, 0.29) is 0 Å². The highest BCUT2D eigenvalue weighted by Gasteiger charge is 2.10. The molecule has 0 unspecified atom stereocenters. The van der Waals surface area contributed by atoms with Gasteiger partial charge in [0.15, 0.2) is 0 Å². The summed E-state index contributed by atoms with van der Waals surface area (Å²) in [5.41, 5.74) is 3.69. The van der Waals surface area contributed by atoms with Gasteiger partial charge in [0.1, 0.15) is 11.5 Å². The Morgan fingerprint density at radius 2 is 0.862 bits per heavy atom. The Morgan fingerprint density at radius 3 is 1.17 bits per heavy atom. The molecular weight excluding hydrogens is 352 g/mol. The van der Waals surface area contributed by atoms with Crippen molar-refractivity contribution in [2.24, 2.45) is 10.8 Å². The average Bonchev–Trinajstić information content (AvgIpc) is 2.63. The molecule has 2 rings (SSSR count). The SMILES string of the molecule is CC(C)(C)CCCCc1ccc(Oc2ccc(CCCCC(C)(C)C)cc2)cc1. The largest absolute Gasteiger partial charge is 0.457 e. The zero-order chi connectivity index (χ0) is 21.3. The summed E-state index contributed by atoms with van der Waals surface area (Å²) in [5.74, 6) is 1.84. The van der Waals surface area contributed by atoms with E-state index in [2.05, 4.69) is 90.1 Å². The minimum absolute atomic E-state index is 0.444. The highest BCUT2D eigenvalue weighted by atomic mass is 16.5.